The van der Waals surface area contributed by atoms with Gasteiger partial charge in [0.2, 0.25) is 0 Å². The molecule has 0 unspecified atom stereocenters. The average Bonchev–Trinajstić information content (AvgIpc) is 3.62. The van der Waals surface area contributed by atoms with E-state index >= 15 is 0 Å². The number of benzene rings is 5. The standard InChI is InChI=1S/C42H30N8O13S5.4Li/c1-20-14-25(65(52,53)54)12-13-31(20)44-40-37(22(3)34-38(51)29-18-26(66(55,56)57)15-21(2)36(29)45-39(34)46-40)48-49-41-30(19-43)35(23-8-5-4-6-9-23)42(64-41)50-47-24-16-28-27(33(17-24)68(61,62)63)10-7-11-32(28)67(58,59)60;;;;/h4-18H,1-3H3,(H,52,53,54)(H,55,56,57)(H,58,59,60)(H,61,62,63)(H2,44,45,46,51);;;;/q;4*+1/p-4. The zero-order chi connectivity index (χ0) is 49.2. The van der Waals surface area contributed by atoms with Crippen LogP contribution in [-0.2, 0) is 40.5 Å². The number of aromatic amines is 1. The van der Waals surface area contributed by atoms with E-state index in [0.29, 0.717) is 5.56 Å². The van der Waals surface area contributed by atoms with Crippen molar-refractivity contribution in [3.63, 3.8) is 0 Å². The molecule has 0 spiro atoms. The molecule has 0 fully saturated rings. The molecule has 0 aliphatic rings. The summed E-state index contributed by atoms with van der Waals surface area (Å²) in [5.41, 5.74) is 0.116. The first-order chi connectivity index (χ1) is 31.8. The first-order valence-electron chi connectivity index (χ1n) is 19.1. The van der Waals surface area contributed by atoms with Gasteiger partial charge in [-0.15, -0.1) is 20.5 Å². The van der Waals surface area contributed by atoms with Crippen LogP contribution in [0.1, 0.15) is 22.3 Å². The number of fused-ring (bicyclic) bond motifs is 3. The van der Waals surface area contributed by atoms with Crippen LogP contribution in [0.2, 0.25) is 0 Å². The quantitative estimate of drug-likeness (QED) is 0.0539. The summed E-state index contributed by atoms with van der Waals surface area (Å²) in [5, 5.41) is 29.6. The van der Waals surface area contributed by atoms with Crippen LogP contribution in [-0.4, -0.2) is 61.9 Å². The average molecular weight is 1040 g/mol. The third kappa shape index (κ3) is 11.9. The summed E-state index contributed by atoms with van der Waals surface area (Å²) in [6.45, 7) is 4.44. The molecule has 21 nitrogen and oxygen atoms in total. The molecule has 0 aliphatic heterocycles. The maximum Gasteiger partial charge on any atom is 1.00 e. The Morgan fingerprint density at radius 1 is 0.639 bits per heavy atom. The number of thiophene rings is 1. The third-order valence-corrected chi connectivity index (χ3v) is 14.8. The summed E-state index contributed by atoms with van der Waals surface area (Å²) in [7, 11) is -20.3. The Balaban J connectivity index is 0.00000281. The number of nitriles is 1. The summed E-state index contributed by atoms with van der Waals surface area (Å²) in [4.78, 5) is 19.0. The fourth-order valence-electron chi connectivity index (χ4n) is 7.34. The van der Waals surface area contributed by atoms with Gasteiger partial charge in [0.05, 0.1) is 36.2 Å². The molecule has 0 saturated carbocycles. The Hall–Kier alpha value is -4.80. The number of nitrogens with one attached hydrogen (secondary N) is 2. The van der Waals surface area contributed by atoms with Crippen molar-refractivity contribution >= 4 is 117 Å². The van der Waals surface area contributed by atoms with Gasteiger partial charge in [0.25, 0.3) is 0 Å². The molecule has 0 aliphatic carbocycles. The number of rotatable bonds is 11. The predicted octanol–water partition coefficient (Wildman–Crippen LogP) is -4.04. The predicted molar refractivity (Wildman–Crippen MR) is 242 cm³/mol. The van der Waals surface area contributed by atoms with Gasteiger partial charge in [0.1, 0.15) is 68.4 Å². The number of nitrogens with zero attached hydrogens (tertiary/aromatic N) is 6. The third-order valence-electron chi connectivity index (χ3n) is 10.5. The van der Waals surface area contributed by atoms with Crippen LogP contribution in [0.15, 0.2) is 136 Å². The number of azo groups is 2. The van der Waals surface area contributed by atoms with Gasteiger partial charge >= 0.3 is 75.4 Å². The summed E-state index contributed by atoms with van der Waals surface area (Å²) in [5.74, 6) is -0.0934. The van der Waals surface area contributed by atoms with Crippen LogP contribution in [0, 0.1) is 32.1 Å². The van der Waals surface area contributed by atoms with E-state index in [-0.39, 0.29) is 163 Å². The molecule has 0 saturated heterocycles. The molecule has 30 heteroatoms. The van der Waals surface area contributed by atoms with E-state index in [9.17, 15) is 61.9 Å². The Labute approximate surface area is 462 Å². The van der Waals surface area contributed by atoms with Gasteiger partial charge in [0, 0.05) is 27.4 Å². The zero-order valence-electron chi connectivity index (χ0n) is 38.7. The molecule has 8 aromatic rings. The van der Waals surface area contributed by atoms with Gasteiger partial charge in [-0.05, 0) is 91.6 Å². The van der Waals surface area contributed by atoms with Gasteiger partial charge in [-0.3, -0.25) is 4.79 Å². The molecule has 0 amide bonds. The van der Waals surface area contributed by atoms with E-state index in [1.54, 1.807) is 30.3 Å². The number of aromatic nitrogens is 2. The zero-order valence-corrected chi connectivity index (χ0v) is 42.8. The molecule has 2 N–H and O–H groups in total. The Morgan fingerprint density at radius 2 is 1.26 bits per heavy atom. The van der Waals surface area contributed by atoms with Gasteiger partial charge in [0.15, 0.2) is 16.2 Å². The summed E-state index contributed by atoms with van der Waals surface area (Å²) < 4.78 is 145. The second-order valence-corrected chi connectivity index (χ2v) is 21.3. The molecular formula is C42H26Li4N8O13S5. The fraction of sp³-hybridized carbons (Fsp3) is 0.0714. The van der Waals surface area contributed by atoms with Gasteiger partial charge < -0.3 is 28.5 Å². The van der Waals surface area contributed by atoms with Crippen LogP contribution >= 0.6 is 11.3 Å². The number of anilines is 2. The first kappa shape index (κ1) is 59.8. The van der Waals surface area contributed by atoms with Crippen LogP contribution < -0.4 is 86.2 Å². The van der Waals surface area contributed by atoms with E-state index in [1.807, 2.05) is 0 Å². The van der Waals surface area contributed by atoms with E-state index < -0.39 is 70.9 Å². The van der Waals surface area contributed by atoms with Crippen molar-refractivity contribution in [3.8, 4) is 17.2 Å². The summed E-state index contributed by atoms with van der Waals surface area (Å²) in [6, 6.07) is 20.9. The molecule has 346 valence electrons. The largest absolute Gasteiger partial charge is 1.00 e. The minimum Gasteiger partial charge on any atom is -0.744 e. The van der Waals surface area contributed by atoms with Gasteiger partial charge in [-0.25, -0.2) is 38.7 Å². The van der Waals surface area contributed by atoms with Gasteiger partial charge in [-0.1, -0.05) is 53.8 Å². The molecule has 3 heterocycles. The molecule has 3 aromatic heterocycles. The molecule has 8 rings (SSSR count). The number of hydrogen-bond donors (Lipinski definition) is 2. The van der Waals surface area contributed by atoms with Crippen molar-refractivity contribution in [3.05, 3.63) is 123 Å². The van der Waals surface area contributed by atoms with Crippen molar-refractivity contribution < 1.29 is 127 Å². The number of H-pyrrole nitrogens is 1. The smallest absolute Gasteiger partial charge is 0.744 e. The van der Waals surface area contributed by atoms with Crippen LogP contribution in [0.3, 0.4) is 0 Å². The van der Waals surface area contributed by atoms with Crippen LogP contribution in [0.4, 0.5) is 32.9 Å². The van der Waals surface area contributed by atoms with E-state index in [2.05, 4.69) is 41.8 Å². The topological polar surface area (TPSA) is 360 Å². The molecular weight excluding hydrogens is 1010 g/mol. The van der Waals surface area contributed by atoms with Gasteiger partial charge in [-0.2, -0.15) is 5.26 Å². The first-order valence-corrected chi connectivity index (χ1v) is 25.5. The van der Waals surface area contributed by atoms with E-state index in [1.165, 1.54) is 26.8 Å². The van der Waals surface area contributed by atoms with E-state index in [4.69, 9.17) is 0 Å². The number of hydrogen-bond acceptors (Lipinski definition) is 21. The number of aryl methyl sites for hydroxylation is 3. The summed E-state index contributed by atoms with van der Waals surface area (Å²) in [6.07, 6.45) is 0. The Kier molecular flexibility index (Phi) is 18.6. The second-order valence-electron chi connectivity index (χ2n) is 14.8. The monoisotopic (exact) mass is 1040 g/mol. The fourth-order valence-corrected chi connectivity index (χ4v) is 10.8. The maximum atomic E-state index is 14.2. The Bertz CT molecular complexity index is 4160. The second kappa shape index (κ2) is 22.4. The maximum absolute atomic E-state index is 14.2. The SMILES string of the molecule is Cc1cc(S(=O)(=O)[O-])ccc1Nc1nc2[nH]c3c(C)cc(S(=O)(=O)[O-])cc3c(=O)c2c(C)c1N=Nc1sc(N=Nc2cc(S(=O)(=O)[O-])c3cccc(S(=O)(=O)[O-])c3c2)c(-c2ccccc2)c1C#N.[Li+].[Li+].[Li+].[Li+]. The molecule has 0 bridgehead atoms. The van der Waals surface area contributed by atoms with Crippen molar-refractivity contribution in [2.45, 2.75) is 40.4 Å². The van der Waals surface area contributed by atoms with Crippen molar-refractivity contribution in [1.82, 2.24) is 9.97 Å². The molecule has 0 radical (unpaired) electrons. The summed E-state index contributed by atoms with van der Waals surface area (Å²) >= 11 is 0.750. The van der Waals surface area contributed by atoms with Crippen LogP contribution in [0.25, 0.3) is 43.8 Å². The molecule has 0 atom stereocenters. The minimum atomic E-state index is -5.28. The van der Waals surface area contributed by atoms with E-state index in [0.717, 1.165) is 65.9 Å². The van der Waals surface area contributed by atoms with Crippen molar-refractivity contribution in [1.29, 1.82) is 5.26 Å². The van der Waals surface area contributed by atoms with Crippen molar-refractivity contribution in [2.75, 3.05) is 5.32 Å². The normalized spacial score (nSPS) is 12.0. The van der Waals surface area contributed by atoms with Crippen molar-refractivity contribution in [2.24, 2.45) is 20.5 Å². The minimum absolute atomic E-state index is 0. The molecule has 72 heavy (non-hydrogen) atoms. The number of pyridine rings is 2. The van der Waals surface area contributed by atoms with Crippen LogP contribution in [0.5, 0.6) is 0 Å². The molecule has 5 aromatic carbocycles. The Morgan fingerprint density at radius 3 is 1.86 bits per heavy atom.